The number of carbonyl (C=O) groups is 1. The molecule has 0 fully saturated rings. The van der Waals surface area contributed by atoms with Crippen molar-refractivity contribution in [2.75, 3.05) is 20.8 Å². The van der Waals surface area contributed by atoms with Crippen LogP contribution in [0.25, 0.3) is 0 Å². The number of ether oxygens (including phenoxy) is 2. The molecule has 0 heterocycles. The monoisotopic (exact) mass is 196 g/mol. The maximum Gasteiger partial charge on any atom is 0.333 e. The molecule has 0 saturated heterocycles. The minimum absolute atomic E-state index is 0.331. The summed E-state index contributed by atoms with van der Waals surface area (Å²) in [6.45, 7) is 5.80. The summed E-state index contributed by atoms with van der Waals surface area (Å²) in [5.41, 5.74) is 1.46. The lowest BCUT2D eigenvalue weighted by atomic mass is 10.2. The summed E-state index contributed by atoms with van der Waals surface area (Å²) in [7, 11) is 2.96. The molecule has 0 aromatic heterocycles. The fourth-order valence-corrected chi connectivity index (χ4v) is 0.803. The van der Waals surface area contributed by atoms with E-state index in [1.165, 1.54) is 7.11 Å². The molecule has 14 heavy (non-hydrogen) atoms. The van der Waals surface area contributed by atoms with Gasteiger partial charge in [0, 0.05) is 12.7 Å². The fraction of sp³-hybridized carbons (Fsp3) is 0.364. The van der Waals surface area contributed by atoms with Crippen LogP contribution < -0.4 is 0 Å². The van der Waals surface area contributed by atoms with Crippen molar-refractivity contribution in [2.45, 2.75) is 6.92 Å². The second kappa shape index (κ2) is 7.09. The van der Waals surface area contributed by atoms with Gasteiger partial charge in [-0.05, 0) is 12.5 Å². The van der Waals surface area contributed by atoms with Crippen LogP contribution in [-0.2, 0) is 14.3 Å². The SMILES string of the molecule is C=C/C(=C\C=C(/C)C(=O)OC)COC. The average molecular weight is 196 g/mol. The molecule has 3 heteroatoms. The number of esters is 1. The molecule has 0 spiro atoms. The first kappa shape index (κ1) is 12.7. The Balaban J connectivity index is 4.48. The lowest BCUT2D eigenvalue weighted by Gasteiger charge is -1.99. The Hall–Kier alpha value is -1.35. The molecule has 0 radical (unpaired) electrons. The summed E-state index contributed by atoms with van der Waals surface area (Å²) in [5, 5.41) is 0. The molecule has 0 amide bonds. The molecule has 0 bridgehead atoms. The van der Waals surface area contributed by atoms with E-state index < -0.39 is 0 Å². The first-order chi connectivity index (χ1) is 6.65. The molecule has 0 N–H and O–H groups in total. The van der Waals surface area contributed by atoms with Gasteiger partial charge in [0.25, 0.3) is 0 Å². The Morgan fingerprint density at radius 1 is 1.36 bits per heavy atom. The Morgan fingerprint density at radius 3 is 2.43 bits per heavy atom. The van der Waals surface area contributed by atoms with E-state index in [1.807, 2.05) is 0 Å². The van der Waals surface area contributed by atoms with Crippen LogP contribution in [0.1, 0.15) is 6.92 Å². The Labute approximate surface area is 84.7 Å². The molecular weight excluding hydrogens is 180 g/mol. The van der Waals surface area contributed by atoms with Gasteiger partial charge in [0.2, 0.25) is 0 Å². The zero-order valence-electron chi connectivity index (χ0n) is 8.87. The molecule has 0 rings (SSSR count). The van der Waals surface area contributed by atoms with Crippen molar-refractivity contribution in [1.29, 1.82) is 0 Å². The number of methoxy groups -OCH3 is 2. The van der Waals surface area contributed by atoms with Crippen LogP contribution in [0.3, 0.4) is 0 Å². The van der Waals surface area contributed by atoms with Gasteiger partial charge in [-0.15, -0.1) is 0 Å². The van der Waals surface area contributed by atoms with Crippen molar-refractivity contribution >= 4 is 5.97 Å². The highest BCUT2D eigenvalue weighted by atomic mass is 16.5. The van der Waals surface area contributed by atoms with Gasteiger partial charge in [0.05, 0.1) is 13.7 Å². The van der Waals surface area contributed by atoms with Crippen molar-refractivity contribution < 1.29 is 14.3 Å². The highest BCUT2D eigenvalue weighted by molar-refractivity contribution is 5.87. The number of allylic oxidation sites excluding steroid dienone is 2. The maximum atomic E-state index is 11.0. The third-order valence-corrected chi connectivity index (χ3v) is 1.63. The largest absolute Gasteiger partial charge is 0.466 e. The molecule has 0 saturated carbocycles. The van der Waals surface area contributed by atoms with Crippen LogP contribution in [0.5, 0.6) is 0 Å². The second-order valence-electron chi connectivity index (χ2n) is 2.72. The summed E-state index contributed by atoms with van der Waals surface area (Å²) >= 11 is 0. The number of hydrogen-bond acceptors (Lipinski definition) is 3. The van der Waals surface area contributed by atoms with E-state index in [0.29, 0.717) is 12.2 Å². The minimum atomic E-state index is -0.331. The Bertz CT molecular complexity index is 256. The number of rotatable bonds is 5. The van der Waals surface area contributed by atoms with E-state index in [2.05, 4.69) is 11.3 Å². The molecule has 0 aliphatic rings. The molecule has 0 aliphatic heterocycles. The van der Waals surface area contributed by atoms with Crippen molar-refractivity contribution in [3.8, 4) is 0 Å². The van der Waals surface area contributed by atoms with Gasteiger partial charge in [-0.25, -0.2) is 4.79 Å². The number of hydrogen-bond donors (Lipinski definition) is 0. The minimum Gasteiger partial charge on any atom is -0.466 e. The van der Waals surface area contributed by atoms with Gasteiger partial charge in [-0.3, -0.25) is 0 Å². The first-order valence-electron chi connectivity index (χ1n) is 4.22. The van der Waals surface area contributed by atoms with Gasteiger partial charge < -0.3 is 9.47 Å². The molecule has 0 aromatic carbocycles. The lowest BCUT2D eigenvalue weighted by molar-refractivity contribution is -0.136. The van der Waals surface area contributed by atoms with Crippen LogP contribution >= 0.6 is 0 Å². The van der Waals surface area contributed by atoms with Crippen LogP contribution in [-0.4, -0.2) is 26.8 Å². The van der Waals surface area contributed by atoms with Gasteiger partial charge in [0.1, 0.15) is 0 Å². The summed E-state index contributed by atoms with van der Waals surface area (Å²) in [4.78, 5) is 11.0. The normalized spacial score (nSPS) is 12.5. The average Bonchev–Trinajstić information content (AvgIpc) is 2.22. The molecule has 0 aliphatic carbocycles. The molecule has 78 valence electrons. The standard InChI is InChI=1S/C11H16O3/c1-5-10(8-13-3)7-6-9(2)11(12)14-4/h5-7H,1,8H2,2-4H3/b9-6+,10-7+. The van der Waals surface area contributed by atoms with Crippen LogP contribution in [0, 0.1) is 0 Å². The lowest BCUT2D eigenvalue weighted by Crippen LogP contribution is -2.01. The van der Waals surface area contributed by atoms with Gasteiger partial charge in [0.15, 0.2) is 0 Å². The van der Waals surface area contributed by atoms with Crippen molar-refractivity contribution in [2.24, 2.45) is 0 Å². The van der Waals surface area contributed by atoms with E-state index in [0.717, 1.165) is 5.57 Å². The maximum absolute atomic E-state index is 11.0. The predicted octanol–water partition coefficient (Wildman–Crippen LogP) is 1.86. The fourth-order valence-electron chi connectivity index (χ4n) is 0.803. The van der Waals surface area contributed by atoms with E-state index in [9.17, 15) is 4.79 Å². The first-order valence-corrected chi connectivity index (χ1v) is 4.22. The highest BCUT2D eigenvalue weighted by Gasteiger charge is 2.00. The van der Waals surface area contributed by atoms with E-state index in [1.54, 1.807) is 32.3 Å². The molecule has 3 nitrogen and oxygen atoms in total. The predicted molar refractivity (Wildman–Crippen MR) is 55.9 cm³/mol. The number of carbonyl (C=O) groups excluding carboxylic acids is 1. The van der Waals surface area contributed by atoms with Crippen molar-refractivity contribution in [3.05, 3.63) is 36.0 Å². The van der Waals surface area contributed by atoms with Crippen molar-refractivity contribution in [3.63, 3.8) is 0 Å². The summed E-state index contributed by atoms with van der Waals surface area (Å²) in [5.74, 6) is -0.331. The summed E-state index contributed by atoms with van der Waals surface area (Å²) in [6.07, 6.45) is 5.15. The Morgan fingerprint density at radius 2 is 2.00 bits per heavy atom. The molecule has 0 atom stereocenters. The summed E-state index contributed by atoms with van der Waals surface area (Å²) < 4.78 is 9.47. The molecule has 0 aromatic rings. The molecule has 0 unspecified atom stereocenters. The smallest absolute Gasteiger partial charge is 0.333 e. The zero-order chi connectivity index (χ0) is 11.0. The third-order valence-electron chi connectivity index (χ3n) is 1.63. The molecular formula is C11H16O3. The Kier molecular flexibility index (Phi) is 6.41. The van der Waals surface area contributed by atoms with E-state index in [4.69, 9.17) is 4.74 Å². The van der Waals surface area contributed by atoms with Crippen LogP contribution in [0.15, 0.2) is 36.0 Å². The van der Waals surface area contributed by atoms with Crippen LogP contribution in [0.2, 0.25) is 0 Å². The zero-order valence-corrected chi connectivity index (χ0v) is 8.87. The topological polar surface area (TPSA) is 35.5 Å². The van der Waals surface area contributed by atoms with Crippen LogP contribution in [0.4, 0.5) is 0 Å². The van der Waals surface area contributed by atoms with Gasteiger partial charge >= 0.3 is 5.97 Å². The van der Waals surface area contributed by atoms with E-state index >= 15 is 0 Å². The third kappa shape index (κ3) is 4.62. The summed E-state index contributed by atoms with van der Waals surface area (Å²) in [6, 6.07) is 0. The van der Waals surface area contributed by atoms with Crippen molar-refractivity contribution in [1.82, 2.24) is 0 Å². The van der Waals surface area contributed by atoms with Gasteiger partial charge in [-0.1, -0.05) is 24.8 Å². The quantitative estimate of drug-likeness (QED) is 0.382. The van der Waals surface area contributed by atoms with Gasteiger partial charge in [-0.2, -0.15) is 0 Å². The van der Waals surface area contributed by atoms with E-state index in [-0.39, 0.29) is 5.97 Å². The second-order valence-corrected chi connectivity index (χ2v) is 2.72. The highest BCUT2D eigenvalue weighted by Crippen LogP contribution is 2.01.